The van der Waals surface area contributed by atoms with Crippen molar-refractivity contribution in [1.29, 1.82) is 0 Å². The maximum Gasteiger partial charge on any atom is 0.279 e. The summed E-state index contributed by atoms with van der Waals surface area (Å²) in [6.07, 6.45) is 4.65. The van der Waals surface area contributed by atoms with Gasteiger partial charge < -0.3 is 4.98 Å². The smallest absolute Gasteiger partial charge is 0.279 e. The molecular formula is C17H15FN6O. The Morgan fingerprint density at radius 2 is 2.08 bits per heavy atom. The highest BCUT2D eigenvalue weighted by Gasteiger charge is 2.20. The maximum atomic E-state index is 14.8. The van der Waals surface area contributed by atoms with E-state index in [0.717, 1.165) is 0 Å². The summed E-state index contributed by atoms with van der Waals surface area (Å²) in [4.78, 5) is 19.7. The van der Waals surface area contributed by atoms with Crippen LogP contribution in [0.1, 0.15) is 25.3 Å². The molecule has 3 aromatic heterocycles. The molecule has 25 heavy (non-hydrogen) atoms. The first-order valence-electron chi connectivity index (χ1n) is 7.82. The fourth-order valence-corrected chi connectivity index (χ4v) is 2.89. The number of rotatable bonds is 3. The van der Waals surface area contributed by atoms with Crippen molar-refractivity contribution in [3.8, 4) is 16.9 Å². The van der Waals surface area contributed by atoms with Gasteiger partial charge in [0.1, 0.15) is 12.1 Å². The molecule has 7 nitrogen and oxygen atoms in total. The number of nitrogens with one attached hydrogen (secondary N) is 1. The van der Waals surface area contributed by atoms with Crippen molar-refractivity contribution in [1.82, 2.24) is 29.4 Å². The van der Waals surface area contributed by atoms with E-state index in [1.807, 2.05) is 13.8 Å². The minimum absolute atomic E-state index is 0.113. The zero-order valence-electron chi connectivity index (χ0n) is 13.6. The van der Waals surface area contributed by atoms with Gasteiger partial charge in [0.05, 0.1) is 11.4 Å². The summed E-state index contributed by atoms with van der Waals surface area (Å²) in [6, 6.07) is 6.54. The molecular weight excluding hydrogens is 323 g/mol. The topological polar surface area (TPSA) is 80.9 Å². The highest BCUT2D eigenvalue weighted by Crippen LogP contribution is 2.28. The molecule has 0 unspecified atom stereocenters. The molecule has 0 aliphatic carbocycles. The fourth-order valence-electron chi connectivity index (χ4n) is 2.89. The van der Waals surface area contributed by atoms with E-state index in [1.54, 1.807) is 35.3 Å². The monoisotopic (exact) mass is 338 g/mol. The molecule has 0 radical (unpaired) electrons. The van der Waals surface area contributed by atoms with Crippen LogP contribution in [0.5, 0.6) is 0 Å². The Bertz CT molecular complexity index is 1110. The number of H-pyrrole nitrogens is 1. The van der Waals surface area contributed by atoms with E-state index < -0.39 is 5.82 Å². The van der Waals surface area contributed by atoms with Crippen LogP contribution in [0.25, 0.3) is 22.7 Å². The molecule has 0 atom stereocenters. The minimum atomic E-state index is -0.450. The highest BCUT2D eigenvalue weighted by molar-refractivity contribution is 5.67. The highest BCUT2D eigenvalue weighted by atomic mass is 19.1. The van der Waals surface area contributed by atoms with E-state index in [1.165, 1.54) is 16.9 Å². The van der Waals surface area contributed by atoms with Crippen molar-refractivity contribution >= 4 is 5.78 Å². The summed E-state index contributed by atoms with van der Waals surface area (Å²) >= 11 is 0. The molecule has 1 N–H and O–H groups in total. The van der Waals surface area contributed by atoms with Gasteiger partial charge in [-0.3, -0.25) is 4.79 Å². The quantitative estimate of drug-likeness (QED) is 0.622. The minimum Gasteiger partial charge on any atom is -0.323 e. The molecule has 0 saturated heterocycles. The van der Waals surface area contributed by atoms with Crippen LogP contribution in [-0.2, 0) is 0 Å². The van der Waals surface area contributed by atoms with Crippen molar-refractivity contribution in [2.45, 2.75) is 19.8 Å². The number of hydrogen-bond donors (Lipinski definition) is 1. The maximum absolute atomic E-state index is 14.8. The number of fused-ring (bicyclic) bond motifs is 1. The lowest BCUT2D eigenvalue weighted by Crippen LogP contribution is -2.22. The van der Waals surface area contributed by atoms with Gasteiger partial charge in [0, 0.05) is 29.6 Å². The second-order valence-corrected chi connectivity index (χ2v) is 5.98. The lowest BCUT2D eigenvalue weighted by molar-refractivity contribution is 0.627. The first-order chi connectivity index (χ1) is 12.1. The Hall–Kier alpha value is -3.29. The van der Waals surface area contributed by atoms with Crippen LogP contribution in [0.15, 0.2) is 47.8 Å². The third-order valence-electron chi connectivity index (χ3n) is 4.04. The zero-order chi connectivity index (χ0) is 17.6. The van der Waals surface area contributed by atoms with Gasteiger partial charge in [-0.25, -0.2) is 9.07 Å². The third-order valence-corrected chi connectivity index (χ3v) is 4.04. The van der Waals surface area contributed by atoms with E-state index in [9.17, 15) is 9.18 Å². The molecule has 0 fully saturated rings. The van der Waals surface area contributed by atoms with Gasteiger partial charge >= 0.3 is 0 Å². The average molecular weight is 338 g/mol. The number of aromatic amines is 1. The Labute approximate surface area is 141 Å². The van der Waals surface area contributed by atoms with Gasteiger partial charge in [-0.2, -0.15) is 19.7 Å². The summed E-state index contributed by atoms with van der Waals surface area (Å²) in [6.45, 7) is 3.76. The summed E-state index contributed by atoms with van der Waals surface area (Å²) in [5.74, 6) is -0.285. The standard InChI is InChI=1S/C17H15FN6O/c1-10(2)14-15(22-17-19-9-21-24(17)16(14)25)12-5-4-11(8-13(12)18)23-7-3-6-20-23/h3-10H,1-2H3,(H,19,21,22). The normalized spacial score (nSPS) is 11.5. The van der Waals surface area contributed by atoms with Gasteiger partial charge in [-0.15, -0.1) is 0 Å². The van der Waals surface area contributed by atoms with Crippen LogP contribution >= 0.6 is 0 Å². The summed E-state index contributed by atoms with van der Waals surface area (Å²) in [7, 11) is 0. The SMILES string of the molecule is CC(C)c1c(-c2ccc(-n3cccn3)cc2F)[nH]c2ncnn2c1=O. The van der Waals surface area contributed by atoms with Crippen LogP contribution in [0.2, 0.25) is 0 Å². The number of benzene rings is 1. The Morgan fingerprint density at radius 1 is 1.24 bits per heavy atom. The number of aromatic nitrogens is 6. The van der Waals surface area contributed by atoms with E-state index >= 15 is 0 Å². The average Bonchev–Trinajstić information content (AvgIpc) is 3.26. The lowest BCUT2D eigenvalue weighted by Gasteiger charge is -2.14. The molecule has 1 aromatic carbocycles. The van der Waals surface area contributed by atoms with Gasteiger partial charge in [0.25, 0.3) is 5.56 Å². The lowest BCUT2D eigenvalue weighted by atomic mass is 9.98. The van der Waals surface area contributed by atoms with Gasteiger partial charge in [-0.05, 0) is 24.1 Å². The van der Waals surface area contributed by atoms with Gasteiger partial charge in [0.2, 0.25) is 5.78 Å². The molecule has 4 aromatic rings. The van der Waals surface area contributed by atoms with E-state index in [4.69, 9.17) is 0 Å². The zero-order valence-corrected chi connectivity index (χ0v) is 13.6. The van der Waals surface area contributed by atoms with Crippen molar-refractivity contribution in [2.75, 3.05) is 0 Å². The molecule has 4 rings (SSSR count). The number of halogens is 1. The van der Waals surface area contributed by atoms with E-state index in [-0.39, 0.29) is 17.3 Å². The first-order valence-corrected chi connectivity index (χ1v) is 7.82. The van der Waals surface area contributed by atoms with Crippen LogP contribution in [0.3, 0.4) is 0 Å². The molecule has 0 bridgehead atoms. The first kappa shape index (κ1) is 15.3. The molecule has 0 aliphatic heterocycles. The number of nitrogens with zero attached hydrogens (tertiary/aromatic N) is 5. The van der Waals surface area contributed by atoms with Gasteiger partial charge in [0.15, 0.2) is 0 Å². The van der Waals surface area contributed by atoms with E-state index in [0.29, 0.717) is 22.5 Å². The Kier molecular flexibility index (Phi) is 3.45. The Balaban J connectivity index is 1.95. The van der Waals surface area contributed by atoms with E-state index in [2.05, 4.69) is 20.2 Å². The second-order valence-electron chi connectivity index (χ2n) is 5.98. The van der Waals surface area contributed by atoms with Crippen LogP contribution < -0.4 is 5.56 Å². The molecule has 0 saturated carbocycles. The molecule has 3 heterocycles. The van der Waals surface area contributed by atoms with Crippen molar-refractivity contribution in [3.05, 3.63) is 64.7 Å². The van der Waals surface area contributed by atoms with Crippen molar-refractivity contribution in [2.24, 2.45) is 0 Å². The summed E-state index contributed by atoms with van der Waals surface area (Å²) < 4.78 is 17.6. The molecule has 126 valence electrons. The van der Waals surface area contributed by atoms with Crippen molar-refractivity contribution in [3.63, 3.8) is 0 Å². The number of hydrogen-bond acceptors (Lipinski definition) is 4. The molecule has 0 amide bonds. The molecule has 0 spiro atoms. The molecule has 8 heteroatoms. The predicted octanol–water partition coefficient (Wildman–Crippen LogP) is 2.53. The summed E-state index contributed by atoms with van der Waals surface area (Å²) in [5, 5.41) is 8.02. The van der Waals surface area contributed by atoms with Crippen LogP contribution in [-0.4, -0.2) is 29.4 Å². The van der Waals surface area contributed by atoms with Crippen molar-refractivity contribution < 1.29 is 4.39 Å². The van der Waals surface area contributed by atoms with Crippen LogP contribution in [0.4, 0.5) is 4.39 Å². The third kappa shape index (κ3) is 2.42. The molecule has 0 aliphatic rings. The Morgan fingerprint density at radius 3 is 2.76 bits per heavy atom. The van der Waals surface area contributed by atoms with Gasteiger partial charge in [-0.1, -0.05) is 13.8 Å². The predicted molar refractivity (Wildman–Crippen MR) is 90.2 cm³/mol. The van der Waals surface area contributed by atoms with Crippen LogP contribution in [0, 0.1) is 5.82 Å². The second kappa shape index (κ2) is 5.66. The summed E-state index contributed by atoms with van der Waals surface area (Å²) in [5.41, 5.74) is 1.49. The largest absolute Gasteiger partial charge is 0.323 e. The fraction of sp³-hybridized carbons (Fsp3) is 0.176.